The molecule has 0 saturated heterocycles. The Morgan fingerprint density at radius 2 is 1.96 bits per heavy atom. The summed E-state index contributed by atoms with van der Waals surface area (Å²) in [5, 5.41) is 4.88. The van der Waals surface area contributed by atoms with Crippen molar-refractivity contribution in [2.45, 2.75) is 49.1 Å². The standard InChI is InChI=1S/C17H24N4OS/c1-12-15(8-10-20(12)2)16(22)19-13-4-6-14(7-5-13)23-17-18-9-11-21(17)3/h8-11,13-14H,4-7H2,1-3H3,(H,19,22). The summed E-state index contributed by atoms with van der Waals surface area (Å²) in [6.07, 6.45) is 10.1. The molecule has 2 heterocycles. The maximum Gasteiger partial charge on any atom is 0.253 e. The van der Waals surface area contributed by atoms with Gasteiger partial charge in [-0.05, 0) is 38.7 Å². The molecule has 0 bridgehead atoms. The van der Waals surface area contributed by atoms with Crippen LogP contribution in [0.4, 0.5) is 0 Å². The zero-order chi connectivity index (χ0) is 16.4. The third-order valence-corrected chi connectivity index (χ3v) is 6.10. The summed E-state index contributed by atoms with van der Waals surface area (Å²) in [5.74, 6) is 0.0586. The van der Waals surface area contributed by atoms with E-state index in [0.29, 0.717) is 11.3 Å². The van der Waals surface area contributed by atoms with Gasteiger partial charge in [0.2, 0.25) is 0 Å². The number of nitrogens with one attached hydrogen (secondary N) is 1. The molecule has 0 spiro atoms. The summed E-state index contributed by atoms with van der Waals surface area (Å²) in [4.78, 5) is 16.8. The van der Waals surface area contributed by atoms with Crippen molar-refractivity contribution in [1.29, 1.82) is 0 Å². The van der Waals surface area contributed by atoms with Gasteiger partial charge in [0, 0.05) is 49.7 Å². The minimum atomic E-state index is 0.0586. The van der Waals surface area contributed by atoms with Gasteiger partial charge < -0.3 is 14.5 Å². The summed E-state index contributed by atoms with van der Waals surface area (Å²) in [6, 6.07) is 2.19. The molecule has 0 radical (unpaired) electrons. The number of nitrogens with zero attached hydrogens (tertiary/aromatic N) is 3. The van der Waals surface area contributed by atoms with Crippen LogP contribution in [0.15, 0.2) is 29.8 Å². The zero-order valence-electron chi connectivity index (χ0n) is 14.0. The lowest BCUT2D eigenvalue weighted by Crippen LogP contribution is -2.38. The molecular weight excluding hydrogens is 308 g/mol. The lowest BCUT2D eigenvalue weighted by molar-refractivity contribution is 0.0927. The van der Waals surface area contributed by atoms with Gasteiger partial charge in [0.25, 0.3) is 5.91 Å². The van der Waals surface area contributed by atoms with Gasteiger partial charge in [0.15, 0.2) is 5.16 Å². The molecule has 0 atom stereocenters. The molecule has 1 saturated carbocycles. The van der Waals surface area contributed by atoms with E-state index in [9.17, 15) is 4.79 Å². The lowest BCUT2D eigenvalue weighted by atomic mass is 9.94. The smallest absolute Gasteiger partial charge is 0.253 e. The molecule has 1 fully saturated rings. The van der Waals surface area contributed by atoms with E-state index >= 15 is 0 Å². The maximum absolute atomic E-state index is 12.4. The van der Waals surface area contributed by atoms with Gasteiger partial charge in [-0.3, -0.25) is 4.79 Å². The lowest BCUT2D eigenvalue weighted by Gasteiger charge is -2.28. The number of imidazole rings is 1. The number of carbonyl (C=O) groups excluding carboxylic acids is 1. The fraction of sp³-hybridized carbons (Fsp3) is 0.529. The van der Waals surface area contributed by atoms with Crippen LogP contribution in [0.5, 0.6) is 0 Å². The number of thioether (sulfide) groups is 1. The summed E-state index contributed by atoms with van der Waals surface area (Å²) in [6.45, 7) is 1.98. The van der Waals surface area contributed by atoms with E-state index in [-0.39, 0.29) is 5.91 Å². The topological polar surface area (TPSA) is 51.9 Å². The van der Waals surface area contributed by atoms with Crippen molar-refractivity contribution < 1.29 is 4.79 Å². The van der Waals surface area contributed by atoms with Gasteiger partial charge in [0.05, 0.1) is 5.56 Å². The average molecular weight is 332 g/mol. The van der Waals surface area contributed by atoms with E-state index in [1.54, 1.807) is 0 Å². The quantitative estimate of drug-likeness (QED) is 0.936. The molecule has 3 rings (SSSR count). The van der Waals surface area contributed by atoms with Crippen molar-refractivity contribution in [2.24, 2.45) is 14.1 Å². The van der Waals surface area contributed by atoms with Gasteiger partial charge in [-0.2, -0.15) is 0 Å². The normalized spacial score (nSPS) is 21.3. The minimum Gasteiger partial charge on any atom is -0.354 e. The Kier molecular flexibility index (Phi) is 4.80. The highest BCUT2D eigenvalue weighted by atomic mass is 32.2. The zero-order valence-corrected chi connectivity index (χ0v) is 14.8. The van der Waals surface area contributed by atoms with E-state index in [1.807, 2.05) is 62.0 Å². The number of hydrogen-bond donors (Lipinski definition) is 1. The van der Waals surface area contributed by atoms with E-state index in [1.165, 1.54) is 0 Å². The second kappa shape index (κ2) is 6.83. The van der Waals surface area contributed by atoms with E-state index in [4.69, 9.17) is 0 Å². The van der Waals surface area contributed by atoms with Crippen LogP contribution in [0.25, 0.3) is 0 Å². The highest BCUT2D eigenvalue weighted by molar-refractivity contribution is 7.99. The molecule has 5 nitrogen and oxygen atoms in total. The fourth-order valence-electron chi connectivity index (χ4n) is 3.05. The van der Waals surface area contributed by atoms with Crippen molar-refractivity contribution in [3.8, 4) is 0 Å². The third kappa shape index (κ3) is 3.63. The van der Waals surface area contributed by atoms with Gasteiger partial charge in [0.1, 0.15) is 0 Å². The van der Waals surface area contributed by atoms with Crippen molar-refractivity contribution in [2.75, 3.05) is 0 Å². The molecule has 0 aliphatic heterocycles. The fourth-order valence-corrected chi connectivity index (χ4v) is 4.21. The Labute approximate surface area is 141 Å². The number of hydrogen-bond acceptors (Lipinski definition) is 3. The van der Waals surface area contributed by atoms with Crippen LogP contribution in [0.2, 0.25) is 0 Å². The second-order valence-corrected chi connectivity index (χ2v) is 7.58. The average Bonchev–Trinajstić information content (AvgIpc) is 3.08. The van der Waals surface area contributed by atoms with Gasteiger partial charge >= 0.3 is 0 Å². The Bertz CT molecular complexity index is 683. The monoisotopic (exact) mass is 332 g/mol. The van der Waals surface area contributed by atoms with Gasteiger partial charge in [-0.25, -0.2) is 4.98 Å². The molecule has 0 unspecified atom stereocenters. The number of amides is 1. The number of rotatable bonds is 4. The molecule has 1 aliphatic carbocycles. The Morgan fingerprint density at radius 1 is 1.22 bits per heavy atom. The summed E-state index contributed by atoms with van der Waals surface area (Å²) < 4.78 is 4.05. The highest BCUT2D eigenvalue weighted by Gasteiger charge is 2.25. The van der Waals surface area contributed by atoms with Crippen molar-refractivity contribution >= 4 is 17.7 Å². The van der Waals surface area contributed by atoms with Crippen LogP contribution in [0.3, 0.4) is 0 Å². The van der Waals surface area contributed by atoms with Crippen LogP contribution < -0.4 is 5.32 Å². The predicted molar refractivity (Wildman–Crippen MR) is 92.7 cm³/mol. The first kappa shape index (κ1) is 16.2. The molecule has 2 aromatic rings. The van der Waals surface area contributed by atoms with Crippen LogP contribution >= 0.6 is 11.8 Å². The molecule has 6 heteroatoms. The molecule has 124 valence electrons. The highest BCUT2D eigenvalue weighted by Crippen LogP contribution is 2.32. The molecular formula is C17H24N4OS. The van der Waals surface area contributed by atoms with E-state index in [2.05, 4.69) is 14.9 Å². The van der Waals surface area contributed by atoms with Crippen LogP contribution in [0.1, 0.15) is 41.7 Å². The van der Waals surface area contributed by atoms with E-state index in [0.717, 1.165) is 42.1 Å². The minimum absolute atomic E-state index is 0.0586. The van der Waals surface area contributed by atoms with Crippen LogP contribution in [-0.4, -0.2) is 31.3 Å². The SMILES string of the molecule is Cc1c(C(=O)NC2CCC(Sc3nccn3C)CC2)ccn1C. The molecule has 1 amide bonds. The second-order valence-electron chi connectivity index (χ2n) is 6.31. The number of carbonyl (C=O) groups is 1. The van der Waals surface area contributed by atoms with E-state index < -0.39 is 0 Å². The molecule has 0 aromatic carbocycles. The summed E-state index contributed by atoms with van der Waals surface area (Å²) in [7, 11) is 4.00. The Balaban J connectivity index is 1.50. The predicted octanol–water partition coefficient (Wildman–Crippen LogP) is 2.90. The first-order chi connectivity index (χ1) is 11.0. The summed E-state index contributed by atoms with van der Waals surface area (Å²) >= 11 is 1.86. The largest absolute Gasteiger partial charge is 0.354 e. The van der Waals surface area contributed by atoms with Crippen LogP contribution in [0, 0.1) is 6.92 Å². The molecule has 1 N–H and O–H groups in total. The van der Waals surface area contributed by atoms with Crippen molar-refractivity contribution in [3.05, 3.63) is 35.9 Å². The third-order valence-electron chi connectivity index (χ3n) is 4.69. The van der Waals surface area contributed by atoms with Crippen molar-refractivity contribution in [1.82, 2.24) is 19.4 Å². The van der Waals surface area contributed by atoms with Gasteiger partial charge in [-0.1, -0.05) is 11.8 Å². The molecule has 2 aromatic heterocycles. The number of aromatic nitrogens is 3. The number of aryl methyl sites for hydroxylation is 2. The Hall–Kier alpha value is -1.69. The van der Waals surface area contributed by atoms with Crippen LogP contribution in [-0.2, 0) is 14.1 Å². The van der Waals surface area contributed by atoms with Crippen molar-refractivity contribution in [3.63, 3.8) is 0 Å². The summed E-state index contributed by atoms with van der Waals surface area (Å²) in [5.41, 5.74) is 1.80. The molecule has 1 aliphatic rings. The maximum atomic E-state index is 12.4. The molecule has 23 heavy (non-hydrogen) atoms. The first-order valence-electron chi connectivity index (χ1n) is 8.11. The first-order valence-corrected chi connectivity index (χ1v) is 8.99. The van der Waals surface area contributed by atoms with Gasteiger partial charge in [-0.15, -0.1) is 0 Å². The Morgan fingerprint density at radius 3 is 2.52 bits per heavy atom.